The Balaban J connectivity index is 1.94. The monoisotopic (exact) mass is 364 g/mol. The number of halogens is 3. The Labute approximate surface area is 147 Å². The predicted molar refractivity (Wildman–Crippen MR) is 89.6 cm³/mol. The first-order chi connectivity index (χ1) is 11.8. The van der Waals surface area contributed by atoms with Crippen molar-refractivity contribution < 1.29 is 18.0 Å². The van der Waals surface area contributed by atoms with E-state index in [1.807, 2.05) is 0 Å². The molecule has 25 heavy (non-hydrogen) atoms. The van der Waals surface area contributed by atoms with Crippen LogP contribution in [0.5, 0.6) is 0 Å². The van der Waals surface area contributed by atoms with Gasteiger partial charge in [-0.3, -0.25) is 4.79 Å². The molecule has 2 aromatic rings. The first-order valence-electron chi connectivity index (χ1n) is 7.83. The summed E-state index contributed by atoms with van der Waals surface area (Å²) in [4.78, 5) is 13.4. The number of hydrogen-bond donors (Lipinski definition) is 1. The Morgan fingerprint density at radius 1 is 1.36 bits per heavy atom. The number of rotatable bonds is 2. The van der Waals surface area contributed by atoms with Gasteiger partial charge in [0.15, 0.2) is 0 Å². The van der Waals surface area contributed by atoms with Crippen LogP contribution in [0.4, 0.5) is 18.2 Å². The number of fused-ring (bicyclic) bond motifs is 1. The third kappa shape index (κ3) is 3.40. The van der Waals surface area contributed by atoms with Crippen molar-refractivity contribution in [2.75, 3.05) is 5.32 Å². The molecule has 0 fully saturated rings. The molecule has 1 N–H and O–H groups in total. The van der Waals surface area contributed by atoms with E-state index in [1.54, 1.807) is 0 Å². The van der Waals surface area contributed by atoms with Crippen LogP contribution in [0.1, 0.15) is 45.3 Å². The first kappa shape index (κ1) is 17.5. The zero-order chi connectivity index (χ0) is 18.2. The second kappa shape index (κ2) is 6.52. The van der Waals surface area contributed by atoms with E-state index >= 15 is 0 Å². The van der Waals surface area contributed by atoms with Gasteiger partial charge in [-0.1, -0.05) is 19.1 Å². The van der Waals surface area contributed by atoms with Crippen LogP contribution in [0, 0.1) is 17.2 Å². The van der Waals surface area contributed by atoms with Crippen LogP contribution in [0.2, 0.25) is 0 Å². The highest BCUT2D eigenvalue weighted by atomic mass is 32.1. The lowest BCUT2D eigenvalue weighted by Crippen LogP contribution is -2.18. The molecule has 1 atom stereocenters. The maximum atomic E-state index is 13.1. The molecular formula is C18H15F3N2OS. The smallest absolute Gasteiger partial charge is 0.312 e. The molecule has 1 heterocycles. The fourth-order valence-corrected chi connectivity index (χ4v) is 4.41. The zero-order valence-electron chi connectivity index (χ0n) is 13.4. The van der Waals surface area contributed by atoms with Crippen molar-refractivity contribution in [2.45, 2.75) is 32.4 Å². The fourth-order valence-electron chi connectivity index (χ4n) is 3.06. The number of hydrogen-bond acceptors (Lipinski definition) is 3. The van der Waals surface area contributed by atoms with Crippen LogP contribution in [-0.2, 0) is 19.0 Å². The van der Waals surface area contributed by atoms with Crippen LogP contribution in [-0.4, -0.2) is 5.91 Å². The Hall–Kier alpha value is -2.33. The number of carbonyl (C=O) groups excluding carboxylic acids is 1. The van der Waals surface area contributed by atoms with Gasteiger partial charge in [-0.25, -0.2) is 0 Å². The molecule has 0 spiro atoms. The number of thiophene rings is 1. The average molecular weight is 364 g/mol. The van der Waals surface area contributed by atoms with Gasteiger partial charge in [0, 0.05) is 4.88 Å². The van der Waals surface area contributed by atoms with E-state index in [1.165, 1.54) is 23.5 Å². The SMILES string of the molecule is C[C@H]1CCc2c(sc(NC(=O)c3ccccc3C(F)(F)F)c2C#N)C1. The number of anilines is 1. The fraction of sp³-hybridized carbons (Fsp3) is 0.333. The molecule has 1 aliphatic rings. The number of alkyl halides is 3. The Bertz CT molecular complexity index is 864. The molecule has 7 heteroatoms. The zero-order valence-corrected chi connectivity index (χ0v) is 14.2. The number of benzene rings is 1. The molecule has 1 amide bonds. The molecular weight excluding hydrogens is 349 g/mol. The summed E-state index contributed by atoms with van der Waals surface area (Å²) in [5.74, 6) is -0.358. The van der Waals surface area contributed by atoms with Crippen LogP contribution < -0.4 is 5.32 Å². The van der Waals surface area contributed by atoms with Crippen LogP contribution in [0.15, 0.2) is 24.3 Å². The topological polar surface area (TPSA) is 52.9 Å². The predicted octanol–water partition coefficient (Wildman–Crippen LogP) is 5.02. The highest BCUT2D eigenvalue weighted by Crippen LogP contribution is 2.40. The summed E-state index contributed by atoms with van der Waals surface area (Å²) in [7, 11) is 0. The van der Waals surface area contributed by atoms with Gasteiger partial charge in [0.05, 0.1) is 16.7 Å². The highest BCUT2D eigenvalue weighted by molar-refractivity contribution is 7.16. The largest absolute Gasteiger partial charge is 0.417 e. The van der Waals surface area contributed by atoms with Gasteiger partial charge in [0.25, 0.3) is 5.91 Å². The summed E-state index contributed by atoms with van der Waals surface area (Å²) in [5.41, 5.74) is -0.130. The lowest BCUT2D eigenvalue weighted by Gasteiger charge is -2.17. The first-order valence-corrected chi connectivity index (χ1v) is 8.65. The maximum absolute atomic E-state index is 13.1. The van der Waals surface area contributed by atoms with Crippen molar-refractivity contribution in [1.82, 2.24) is 0 Å². The molecule has 0 radical (unpaired) electrons. The van der Waals surface area contributed by atoms with Gasteiger partial charge in [-0.2, -0.15) is 18.4 Å². The maximum Gasteiger partial charge on any atom is 0.417 e. The number of nitrogens with one attached hydrogen (secondary N) is 1. The minimum Gasteiger partial charge on any atom is -0.312 e. The van der Waals surface area contributed by atoms with E-state index in [4.69, 9.17) is 0 Å². The van der Waals surface area contributed by atoms with Gasteiger partial charge < -0.3 is 5.32 Å². The standard InChI is InChI=1S/C18H15F3N2OS/c1-10-6-7-11-13(9-22)17(25-15(11)8-10)23-16(24)12-4-2-3-5-14(12)18(19,20)21/h2-5,10H,6-8H2,1H3,(H,23,24)/t10-/m0/s1. The molecule has 0 saturated carbocycles. The molecule has 1 aromatic carbocycles. The van der Waals surface area contributed by atoms with Crippen molar-refractivity contribution in [3.05, 3.63) is 51.4 Å². The third-order valence-corrected chi connectivity index (χ3v) is 5.50. The van der Waals surface area contributed by atoms with Gasteiger partial charge in [-0.15, -0.1) is 11.3 Å². The van der Waals surface area contributed by atoms with Crippen LogP contribution in [0.25, 0.3) is 0 Å². The van der Waals surface area contributed by atoms with Crippen molar-refractivity contribution >= 4 is 22.2 Å². The number of amides is 1. The van der Waals surface area contributed by atoms with E-state index in [-0.39, 0.29) is 0 Å². The molecule has 0 bridgehead atoms. The van der Waals surface area contributed by atoms with Gasteiger partial charge in [0.1, 0.15) is 11.1 Å². The Morgan fingerprint density at radius 3 is 2.76 bits per heavy atom. The average Bonchev–Trinajstić information content (AvgIpc) is 2.89. The number of nitrogens with zero attached hydrogens (tertiary/aromatic N) is 1. The number of carbonyl (C=O) groups is 1. The van der Waals surface area contributed by atoms with Crippen molar-refractivity contribution in [1.29, 1.82) is 5.26 Å². The normalized spacial score (nSPS) is 16.8. The van der Waals surface area contributed by atoms with E-state index in [2.05, 4.69) is 18.3 Å². The molecule has 130 valence electrons. The second-order valence-electron chi connectivity index (χ2n) is 6.17. The molecule has 0 unspecified atom stereocenters. The summed E-state index contributed by atoms with van der Waals surface area (Å²) in [6, 6.07) is 6.74. The molecule has 0 aliphatic heterocycles. The summed E-state index contributed by atoms with van der Waals surface area (Å²) in [6.45, 7) is 2.12. The lowest BCUT2D eigenvalue weighted by atomic mass is 9.88. The highest BCUT2D eigenvalue weighted by Gasteiger charge is 2.35. The van der Waals surface area contributed by atoms with Gasteiger partial charge >= 0.3 is 6.18 Å². The van der Waals surface area contributed by atoms with E-state index < -0.39 is 23.2 Å². The Kier molecular flexibility index (Phi) is 4.56. The van der Waals surface area contributed by atoms with Crippen molar-refractivity contribution in [3.63, 3.8) is 0 Å². The molecule has 0 saturated heterocycles. The van der Waals surface area contributed by atoms with Gasteiger partial charge in [-0.05, 0) is 42.9 Å². The molecule has 1 aliphatic carbocycles. The van der Waals surface area contributed by atoms with E-state index in [9.17, 15) is 23.2 Å². The molecule has 3 rings (SSSR count). The van der Waals surface area contributed by atoms with Crippen molar-refractivity contribution in [2.24, 2.45) is 5.92 Å². The third-order valence-electron chi connectivity index (χ3n) is 4.33. The summed E-state index contributed by atoms with van der Waals surface area (Å²) in [6.07, 6.45) is -2.08. The van der Waals surface area contributed by atoms with Crippen molar-refractivity contribution in [3.8, 4) is 6.07 Å². The summed E-state index contributed by atoms with van der Waals surface area (Å²) in [5, 5.41) is 12.3. The van der Waals surface area contributed by atoms with Crippen LogP contribution in [0.3, 0.4) is 0 Å². The lowest BCUT2D eigenvalue weighted by molar-refractivity contribution is -0.137. The molecule has 1 aromatic heterocycles. The molecule has 3 nitrogen and oxygen atoms in total. The van der Waals surface area contributed by atoms with E-state index in [0.29, 0.717) is 16.5 Å². The second-order valence-corrected chi connectivity index (χ2v) is 7.27. The minimum atomic E-state index is -4.61. The summed E-state index contributed by atoms with van der Waals surface area (Å²) >= 11 is 1.29. The summed E-state index contributed by atoms with van der Waals surface area (Å²) < 4.78 is 39.3. The van der Waals surface area contributed by atoms with Crippen LogP contribution >= 0.6 is 11.3 Å². The Morgan fingerprint density at radius 2 is 2.08 bits per heavy atom. The van der Waals surface area contributed by atoms with Gasteiger partial charge in [0.2, 0.25) is 0 Å². The van der Waals surface area contributed by atoms with E-state index in [0.717, 1.165) is 41.8 Å². The minimum absolute atomic E-state index is 0.337. The number of nitriles is 1. The quantitative estimate of drug-likeness (QED) is 0.814.